The average molecular weight is 163 g/mol. The van der Waals surface area contributed by atoms with Crippen molar-refractivity contribution in [3.05, 3.63) is 29.8 Å². The summed E-state index contributed by atoms with van der Waals surface area (Å²) in [4.78, 5) is 10.9. The predicted molar refractivity (Wildman–Crippen MR) is 40.6 cm³/mol. The molecule has 3 heteroatoms. The highest BCUT2D eigenvalue weighted by Gasteiger charge is 2.25. The number of ether oxygens (including phenoxy) is 1. The Morgan fingerprint density at radius 2 is 2.50 bits per heavy atom. The summed E-state index contributed by atoms with van der Waals surface area (Å²) in [5.74, 6) is -0.0437. The highest BCUT2D eigenvalue weighted by atomic mass is 16.6. The Kier molecular flexibility index (Phi) is 1.59. The molecule has 61 valence electrons. The van der Waals surface area contributed by atoms with Crippen LogP contribution in [0.5, 0.6) is 5.75 Å². The quantitative estimate of drug-likeness (QED) is 0.442. The molecule has 1 atom stereocenters. The first-order chi connectivity index (χ1) is 5.77. The zero-order chi connectivity index (χ0) is 8.55. The minimum atomic E-state index is -1.02. The van der Waals surface area contributed by atoms with Crippen LogP contribution in [0, 0.1) is 6.07 Å². The van der Waals surface area contributed by atoms with Crippen molar-refractivity contribution in [1.29, 1.82) is 0 Å². The van der Waals surface area contributed by atoms with E-state index in [-0.39, 0.29) is 0 Å². The van der Waals surface area contributed by atoms with Gasteiger partial charge >= 0.3 is 5.97 Å². The van der Waals surface area contributed by atoms with E-state index in [0.717, 1.165) is 5.56 Å². The summed E-state index contributed by atoms with van der Waals surface area (Å²) in [6.45, 7) is 0. The molecule has 2 rings (SSSR count). The van der Waals surface area contributed by atoms with Gasteiger partial charge in [-0.2, -0.15) is 0 Å². The van der Waals surface area contributed by atoms with Gasteiger partial charge in [0.25, 0.3) is 0 Å². The van der Waals surface area contributed by atoms with Crippen molar-refractivity contribution in [2.75, 3.05) is 0 Å². The lowest BCUT2D eigenvalue weighted by molar-refractivity contribution is -0.145. The maximum atomic E-state index is 10.9. The molecule has 0 fully saturated rings. The number of aliphatic hydroxyl groups excluding tert-OH is 1. The zero-order valence-corrected chi connectivity index (χ0v) is 6.28. The third kappa shape index (κ3) is 1.08. The number of benzene rings is 1. The number of carbonyl (C=O) groups excluding carboxylic acids is 1. The molecular weight excluding hydrogens is 156 g/mol. The number of carbonyl (C=O) groups is 1. The van der Waals surface area contributed by atoms with Crippen LogP contribution in [0.15, 0.2) is 18.2 Å². The molecule has 0 saturated carbocycles. The van der Waals surface area contributed by atoms with Crippen LogP contribution in [-0.4, -0.2) is 17.2 Å². The summed E-state index contributed by atoms with van der Waals surface area (Å²) in [5, 5.41) is 9.14. The van der Waals surface area contributed by atoms with Crippen LogP contribution in [-0.2, 0) is 11.2 Å². The lowest BCUT2D eigenvalue weighted by Crippen LogP contribution is -2.32. The van der Waals surface area contributed by atoms with Crippen LogP contribution in [0.4, 0.5) is 0 Å². The monoisotopic (exact) mass is 163 g/mol. The van der Waals surface area contributed by atoms with E-state index in [2.05, 4.69) is 6.07 Å². The van der Waals surface area contributed by atoms with Crippen LogP contribution in [0.1, 0.15) is 5.56 Å². The van der Waals surface area contributed by atoms with Gasteiger partial charge in [0, 0.05) is 6.42 Å². The smallest absolute Gasteiger partial charge is 0.340 e. The third-order valence-corrected chi connectivity index (χ3v) is 1.80. The minimum Gasteiger partial charge on any atom is -0.424 e. The van der Waals surface area contributed by atoms with E-state index < -0.39 is 12.1 Å². The number of rotatable bonds is 0. The van der Waals surface area contributed by atoms with Gasteiger partial charge in [-0.25, -0.2) is 4.79 Å². The first-order valence-corrected chi connectivity index (χ1v) is 3.66. The van der Waals surface area contributed by atoms with Gasteiger partial charge in [-0.3, -0.25) is 0 Å². The van der Waals surface area contributed by atoms with Gasteiger partial charge in [0.1, 0.15) is 5.75 Å². The molecule has 0 saturated heterocycles. The number of aliphatic hydroxyl groups is 1. The molecule has 1 aliphatic heterocycles. The van der Waals surface area contributed by atoms with Crippen molar-refractivity contribution in [2.24, 2.45) is 0 Å². The first kappa shape index (κ1) is 7.31. The fraction of sp³-hybridized carbons (Fsp3) is 0.222. The largest absolute Gasteiger partial charge is 0.424 e. The van der Waals surface area contributed by atoms with Gasteiger partial charge < -0.3 is 9.84 Å². The Morgan fingerprint density at radius 1 is 1.67 bits per heavy atom. The molecule has 0 amide bonds. The number of fused-ring (bicyclic) bond motifs is 1. The van der Waals surface area contributed by atoms with Crippen molar-refractivity contribution < 1.29 is 14.6 Å². The van der Waals surface area contributed by atoms with Gasteiger partial charge in [-0.1, -0.05) is 6.07 Å². The minimum absolute atomic E-state index is 0.325. The van der Waals surface area contributed by atoms with Crippen molar-refractivity contribution in [1.82, 2.24) is 0 Å². The van der Waals surface area contributed by atoms with E-state index in [4.69, 9.17) is 9.84 Å². The van der Waals surface area contributed by atoms with Gasteiger partial charge in [0.15, 0.2) is 6.10 Å². The van der Waals surface area contributed by atoms with E-state index in [1.165, 1.54) is 0 Å². The standard InChI is InChI=1S/C9H7O3/c10-7-5-6-3-1-2-4-8(6)12-9(7)11/h2-4,7,10H,5H2. The molecule has 1 aromatic carbocycles. The number of esters is 1. The van der Waals surface area contributed by atoms with Gasteiger partial charge in [-0.15, -0.1) is 0 Å². The molecule has 0 aromatic heterocycles. The molecule has 0 bridgehead atoms. The lowest BCUT2D eigenvalue weighted by atomic mass is 10.0. The molecule has 1 aromatic rings. The zero-order valence-electron chi connectivity index (χ0n) is 6.28. The van der Waals surface area contributed by atoms with E-state index in [0.29, 0.717) is 12.2 Å². The maximum absolute atomic E-state index is 10.9. The summed E-state index contributed by atoms with van der Waals surface area (Å²) in [6, 6.07) is 7.90. The highest BCUT2D eigenvalue weighted by molar-refractivity contribution is 5.79. The van der Waals surface area contributed by atoms with Crippen LogP contribution >= 0.6 is 0 Å². The third-order valence-electron chi connectivity index (χ3n) is 1.80. The van der Waals surface area contributed by atoms with E-state index in [9.17, 15) is 4.79 Å². The summed E-state index contributed by atoms with van der Waals surface area (Å²) in [5.41, 5.74) is 0.824. The summed E-state index contributed by atoms with van der Waals surface area (Å²) in [7, 11) is 0. The first-order valence-electron chi connectivity index (χ1n) is 3.66. The molecule has 0 aliphatic carbocycles. The van der Waals surface area contributed by atoms with E-state index >= 15 is 0 Å². The van der Waals surface area contributed by atoms with E-state index in [1.54, 1.807) is 18.2 Å². The fourth-order valence-electron chi connectivity index (χ4n) is 1.18. The lowest BCUT2D eigenvalue weighted by Gasteiger charge is -2.18. The fourth-order valence-corrected chi connectivity index (χ4v) is 1.18. The van der Waals surface area contributed by atoms with Crippen LogP contribution < -0.4 is 4.74 Å². The molecule has 1 unspecified atom stereocenters. The number of hydrogen-bond acceptors (Lipinski definition) is 3. The molecule has 0 spiro atoms. The molecular formula is C9H7O3. The molecule has 1 aliphatic rings. The second-order valence-corrected chi connectivity index (χ2v) is 2.67. The molecule has 1 heterocycles. The Morgan fingerprint density at radius 3 is 3.33 bits per heavy atom. The Bertz CT molecular complexity index is 319. The number of hydrogen-bond donors (Lipinski definition) is 1. The normalized spacial score (nSPS) is 21.4. The van der Waals surface area contributed by atoms with Crippen LogP contribution in [0.3, 0.4) is 0 Å². The van der Waals surface area contributed by atoms with Crippen molar-refractivity contribution in [2.45, 2.75) is 12.5 Å². The van der Waals surface area contributed by atoms with Crippen molar-refractivity contribution in [3.63, 3.8) is 0 Å². The molecule has 12 heavy (non-hydrogen) atoms. The van der Waals surface area contributed by atoms with Gasteiger partial charge in [-0.05, 0) is 23.8 Å². The topological polar surface area (TPSA) is 46.5 Å². The van der Waals surface area contributed by atoms with Crippen molar-refractivity contribution >= 4 is 5.97 Å². The average Bonchev–Trinajstić information content (AvgIpc) is 2.07. The molecule has 1 N–H and O–H groups in total. The van der Waals surface area contributed by atoms with Gasteiger partial charge in [0.05, 0.1) is 0 Å². The molecule has 3 nitrogen and oxygen atoms in total. The van der Waals surface area contributed by atoms with E-state index in [1.807, 2.05) is 0 Å². The Balaban J connectivity index is 2.40. The Labute approximate surface area is 69.6 Å². The SMILES string of the molecule is O=C1Oc2cc[c]cc2CC1O. The molecule has 1 radical (unpaired) electrons. The second kappa shape index (κ2) is 2.60. The summed E-state index contributed by atoms with van der Waals surface area (Å²) in [6.07, 6.45) is -0.695. The van der Waals surface area contributed by atoms with Crippen molar-refractivity contribution in [3.8, 4) is 5.75 Å². The van der Waals surface area contributed by atoms with Crippen LogP contribution in [0.2, 0.25) is 0 Å². The maximum Gasteiger partial charge on any atom is 0.340 e. The predicted octanol–water partition coefficient (Wildman–Crippen LogP) is 0.309. The van der Waals surface area contributed by atoms with Crippen LogP contribution in [0.25, 0.3) is 0 Å². The Hall–Kier alpha value is -1.35. The second-order valence-electron chi connectivity index (χ2n) is 2.67. The summed E-state index contributed by atoms with van der Waals surface area (Å²) >= 11 is 0. The van der Waals surface area contributed by atoms with Gasteiger partial charge in [0.2, 0.25) is 0 Å². The summed E-state index contributed by atoms with van der Waals surface area (Å²) < 4.78 is 4.84. The highest BCUT2D eigenvalue weighted by Crippen LogP contribution is 2.23.